The third kappa shape index (κ3) is 7.45. The fraction of sp³-hybridized carbons (Fsp3) is 0. The van der Waals surface area contributed by atoms with E-state index >= 15 is 0 Å². The average molecular weight is 1040 g/mol. The third-order valence-electron chi connectivity index (χ3n) is 15.8. The van der Waals surface area contributed by atoms with E-state index in [2.05, 4.69) is 282 Å². The fourth-order valence-corrected chi connectivity index (χ4v) is 13.3. The van der Waals surface area contributed by atoms with Gasteiger partial charge in [0.1, 0.15) is 16.7 Å². The lowest BCUT2D eigenvalue weighted by atomic mass is 9.99. The molecule has 0 unspecified atom stereocenters. The van der Waals surface area contributed by atoms with Gasteiger partial charge in [0, 0.05) is 82.1 Å². The van der Waals surface area contributed by atoms with Crippen LogP contribution in [0.1, 0.15) is 0 Å². The van der Waals surface area contributed by atoms with E-state index in [-0.39, 0.29) is 0 Å². The lowest BCUT2D eigenvalue weighted by Gasteiger charge is -2.30. The van der Waals surface area contributed by atoms with E-state index in [1.807, 2.05) is 29.5 Å². The van der Waals surface area contributed by atoms with E-state index < -0.39 is 0 Å². The van der Waals surface area contributed by atoms with Crippen LogP contribution in [0.25, 0.3) is 96.7 Å². The van der Waals surface area contributed by atoms with Gasteiger partial charge in [0.05, 0.1) is 21.8 Å². The van der Waals surface area contributed by atoms with Crippen LogP contribution in [0, 0.1) is 0 Å². The number of nitrogens with zero attached hydrogens (tertiary/aromatic N) is 3. The molecule has 80 heavy (non-hydrogen) atoms. The molecule has 0 radical (unpaired) electrons. The monoisotopic (exact) mass is 1040 g/mol. The molecule has 0 spiro atoms. The summed E-state index contributed by atoms with van der Waals surface area (Å²) in [5, 5.41) is 11.5. The fourth-order valence-electron chi connectivity index (χ4n) is 12.2. The SMILES string of the molecule is c1ccc(N(c2ccc(-c3cccc4c3oc3ccccc34)cc2)c2cc(N(c3ccccc3)c3cccc4c3oc3ccccc34)c3sc4ccc(N(c5ccccc5)c5cc6ccccc6c6ccccc56)cc4c3c2)cc1. The zero-order chi connectivity index (χ0) is 52.7. The van der Waals surface area contributed by atoms with Gasteiger partial charge in [-0.1, -0.05) is 182 Å². The normalized spacial score (nSPS) is 11.8. The molecule has 16 aromatic rings. The minimum Gasteiger partial charge on any atom is -0.455 e. The van der Waals surface area contributed by atoms with Crippen LogP contribution in [-0.4, -0.2) is 0 Å². The van der Waals surface area contributed by atoms with Gasteiger partial charge in [-0.2, -0.15) is 0 Å². The maximum absolute atomic E-state index is 6.91. The van der Waals surface area contributed by atoms with Crippen molar-refractivity contribution in [3.8, 4) is 11.1 Å². The summed E-state index contributed by atoms with van der Waals surface area (Å²) in [4.78, 5) is 7.24. The quantitative estimate of drug-likeness (QED) is 0.128. The van der Waals surface area contributed by atoms with Crippen molar-refractivity contribution in [2.75, 3.05) is 14.7 Å². The maximum atomic E-state index is 6.91. The second-order valence-electron chi connectivity index (χ2n) is 20.4. The summed E-state index contributed by atoms with van der Waals surface area (Å²) in [6.07, 6.45) is 0. The summed E-state index contributed by atoms with van der Waals surface area (Å²) >= 11 is 1.83. The van der Waals surface area contributed by atoms with Gasteiger partial charge in [-0.15, -0.1) is 11.3 Å². The Hall–Kier alpha value is -10.4. The molecule has 13 aromatic carbocycles. The molecule has 0 aliphatic carbocycles. The van der Waals surface area contributed by atoms with Crippen LogP contribution in [0.2, 0.25) is 0 Å². The van der Waals surface area contributed by atoms with Crippen molar-refractivity contribution in [1.82, 2.24) is 0 Å². The van der Waals surface area contributed by atoms with Crippen LogP contribution in [0.5, 0.6) is 0 Å². The molecule has 0 fully saturated rings. The van der Waals surface area contributed by atoms with Gasteiger partial charge >= 0.3 is 0 Å². The Bertz CT molecular complexity index is 5030. The third-order valence-corrected chi connectivity index (χ3v) is 17.0. The van der Waals surface area contributed by atoms with Crippen LogP contribution in [-0.2, 0) is 0 Å². The Balaban J connectivity index is 0.957. The number of anilines is 9. The highest BCUT2D eigenvalue weighted by Gasteiger charge is 2.27. The molecule has 5 nitrogen and oxygen atoms in total. The van der Waals surface area contributed by atoms with Crippen LogP contribution in [0.4, 0.5) is 51.2 Å². The first-order chi connectivity index (χ1) is 39.7. The van der Waals surface area contributed by atoms with Gasteiger partial charge in [-0.05, 0) is 125 Å². The molecular weight excluding hydrogens is 995 g/mol. The summed E-state index contributed by atoms with van der Waals surface area (Å²) in [6, 6.07) is 102. The van der Waals surface area contributed by atoms with Crippen molar-refractivity contribution in [3.63, 3.8) is 0 Å². The second-order valence-corrected chi connectivity index (χ2v) is 21.4. The molecule has 0 saturated heterocycles. The second kappa shape index (κ2) is 18.7. The van der Waals surface area contributed by atoms with E-state index in [1.54, 1.807) is 0 Å². The molecule has 0 saturated carbocycles. The van der Waals surface area contributed by atoms with Crippen molar-refractivity contribution >= 4 is 148 Å². The van der Waals surface area contributed by atoms with E-state index in [0.29, 0.717) is 0 Å². The van der Waals surface area contributed by atoms with Crippen molar-refractivity contribution in [1.29, 1.82) is 0 Å². The Morgan fingerprint density at radius 2 is 0.775 bits per heavy atom. The number of hydrogen-bond acceptors (Lipinski definition) is 6. The summed E-state index contributed by atoms with van der Waals surface area (Å²) in [6.45, 7) is 0. The average Bonchev–Trinajstić information content (AvgIpc) is 4.41. The molecular formula is C74H47N3O2S. The van der Waals surface area contributed by atoms with Gasteiger partial charge in [-0.25, -0.2) is 0 Å². The standard InChI is InChI=1S/C74H47N3O2S/c1-4-21-50(22-5-1)75(53-40-38-48(39-41-53)57-32-18-33-62-60-30-14-16-36-69(60)78-72(57)62)55-46-65-64-45-54(76(51-23-6-2-7-24-51)67-44-49-20-10-11-27-56(49)58-28-12-13-29-59(58)67)42-43-71(64)80-74(65)68(47-55)77(52-25-8-3-9-26-52)66-35-19-34-63-61-31-15-17-37-70(61)79-73(63)66/h1-47H. The van der Waals surface area contributed by atoms with Gasteiger partial charge in [-0.3, -0.25) is 0 Å². The van der Waals surface area contributed by atoms with Crippen molar-refractivity contribution in [3.05, 3.63) is 285 Å². The Kier molecular flexibility index (Phi) is 10.7. The maximum Gasteiger partial charge on any atom is 0.159 e. The lowest BCUT2D eigenvalue weighted by molar-refractivity contribution is 0.669. The topological polar surface area (TPSA) is 36.0 Å². The molecule has 3 heterocycles. The van der Waals surface area contributed by atoms with Gasteiger partial charge in [0.25, 0.3) is 0 Å². The van der Waals surface area contributed by atoms with Crippen LogP contribution in [0.3, 0.4) is 0 Å². The molecule has 0 atom stereocenters. The zero-order valence-corrected chi connectivity index (χ0v) is 44.0. The highest BCUT2D eigenvalue weighted by atomic mass is 32.1. The van der Waals surface area contributed by atoms with Crippen molar-refractivity contribution in [2.24, 2.45) is 0 Å². The summed E-state index contributed by atoms with van der Waals surface area (Å²) in [7, 11) is 0. The van der Waals surface area contributed by atoms with Crippen LogP contribution in [0.15, 0.2) is 294 Å². The molecule has 6 heteroatoms. The Morgan fingerprint density at radius 1 is 0.263 bits per heavy atom. The number of hydrogen-bond donors (Lipinski definition) is 0. The van der Waals surface area contributed by atoms with Crippen LogP contribution >= 0.6 is 11.3 Å². The van der Waals surface area contributed by atoms with E-state index in [1.165, 1.54) is 26.2 Å². The van der Waals surface area contributed by atoms with Gasteiger partial charge < -0.3 is 23.5 Å². The Labute approximate surface area is 465 Å². The summed E-state index contributed by atoms with van der Waals surface area (Å²) < 4.78 is 15.8. The van der Waals surface area contributed by atoms with Crippen LogP contribution < -0.4 is 14.7 Å². The van der Waals surface area contributed by atoms with E-state index in [9.17, 15) is 0 Å². The molecule has 0 N–H and O–H groups in total. The van der Waals surface area contributed by atoms with Gasteiger partial charge in [0.15, 0.2) is 5.58 Å². The number of para-hydroxylation sites is 7. The van der Waals surface area contributed by atoms with Crippen molar-refractivity contribution in [2.45, 2.75) is 0 Å². The number of furan rings is 2. The lowest BCUT2D eigenvalue weighted by Crippen LogP contribution is -2.13. The van der Waals surface area contributed by atoms with Gasteiger partial charge in [0.2, 0.25) is 0 Å². The molecule has 376 valence electrons. The predicted molar refractivity (Wildman–Crippen MR) is 338 cm³/mol. The molecule has 0 aliphatic heterocycles. The smallest absolute Gasteiger partial charge is 0.159 e. The number of benzene rings is 13. The first kappa shape index (κ1) is 45.8. The molecule has 16 rings (SSSR count). The predicted octanol–water partition coefficient (Wildman–Crippen LogP) is 22.2. The minimum absolute atomic E-state index is 0.829. The highest BCUT2D eigenvalue weighted by Crippen LogP contribution is 2.52. The minimum atomic E-state index is 0.829. The summed E-state index contributed by atoms with van der Waals surface area (Å²) in [5.74, 6) is 0. The van der Waals surface area contributed by atoms with E-state index in [0.717, 1.165) is 122 Å². The summed E-state index contributed by atoms with van der Waals surface area (Å²) in [5.41, 5.74) is 14.9. The first-order valence-corrected chi connectivity index (χ1v) is 27.9. The molecule has 0 aliphatic rings. The number of fused-ring (bicyclic) bond motifs is 12. The Morgan fingerprint density at radius 3 is 1.48 bits per heavy atom. The number of thiophene rings is 1. The largest absolute Gasteiger partial charge is 0.455 e. The first-order valence-electron chi connectivity index (χ1n) is 27.1. The molecule has 0 bridgehead atoms. The van der Waals surface area contributed by atoms with E-state index in [4.69, 9.17) is 8.83 Å². The van der Waals surface area contributed by atoms with Crippen molar-refractivity contribution < 1.29 is 8.83 Å². The molecule has 0 amide bonds. The zero-order valence-electron chi connectivity index (χ0n) is 43.2. The number of rotatable bonds is 10. The molecule has 3 aromatic heterocycles. The highest BCUT2D eigenvalue weighted by molar-refractivity contribution is 7.26.